The van der Waals surface area contributed by atoms with Crippen LogP contribution in [0.2, 0.25) is 0 Å². The molecule has 1 aliphatic rings. The fraction of sp³-hybridized carbons (Fsp3) is 0.250. The van der Waals surface area contributed by atoms with Gasteiger partial charge in [0.05, 0.1) is 19.8 Å². The van der Waals surface area contributed by atoms with Crippen LogP contribution in [0.25, 0.3) is 0 Å². The molecule has 3 aromatic rings. The SMILES string of the molecule is O=C(CO[C@@H]1C=C[C@H](OCc2ccccc2)[C@@H](COCc2ccccc2)O1)c1ccccc1. The van der Waals surface area contributed by atoms with E-state index in [0.29, 0.717) is 25.4 Å². The van der Waals surface area contributed by atoms with Crippen LogP contribution in [0.3, 0.4) is 0 Å². The van der Waals surface area contributed by atoms with Crippen molar-refractivity contribution in [3.05, 3.63) is 120 Å². The van der Waals surface area contributed by atoms with Crippen molar-refractivity contribution in [3.63, 3.8) is 0 Å². The Hall–Kier alpha value is -3.09. The lowest BCUT2D eigenvalue weighted by Crippen LogP contribution is -2.41. The zero-order valence-corrected chi connectivity index (χ0v) is 18.4. The molecule has 1 aliphatic heterocycles. The van der Waals surface area contributed by atoms with Gasteiger partial charge in [0.15, 0.2) is 12.1 Å². The van der Waals surface area contributed by atoms with E-state index in [1.54, 1.807) is 18.2 Å². The van der Waals surface area contributed by atoms with E-state index in [2.05, 4.69) is 0 Å². The first-order valence-electron chi connectivity index (χ1n) is 11.1. The first kappa shape index (κ1) is 23.1. The maximum absolute atomic E-state index is 12.4. The van der Waals surface area contributed by atoms with Gasteiger partial charge in [-0.3, -0.25) is 4.79 Å². The highest BCUT2D eigenvalue weighted by Crippen LogP contribution is 2.20. The van der Waals surface area contributed by atoms with Gasteiger partial charge in [0.1, 0.15) is 18.8 Å². The average molecular weight is 445 g/mol. The van der Waals surface area contributed by atoms with Crippen molar-refractivity contribution in [3.8, 4) is 0 Å². The van der Waals surface area contributed by atoms with Crippen LogP contribution in [0.15, 0.2) is 103 Å². The van der Waals surface area contributed by atoms with Crippen LogP contribution in [-0.4, -0.2) is 37.5 Å². The fourth-order valence-electron chi connectivity index (χ4n) is 3.51. The molecule has 5 heteroatoms. The summed E-state index contributed by atoms with van der Waals surface area (Å²) < 4.78 is 23.9. The minimum atomic E-state index is -0.639. The molecule has 170 valence electrons. The second-order valence-corrected chi connectivity index (χ2v) is 7.79. The lowest BCUT2D eigenvalue weighted by Gasteiger charge is -2.32. The Labute approximate surface area is 194 Å². The molecule has 0 fully saturated rings. The van der Waals surface area contributed by atoms with Crippen molar-refractivity contribution in [2.75, 3.05) is 13.2 Å². The van der Waals surface area contributed by atoms with Gasteiger partial charge in [0.2, 0.25) is 0 Å². The van der Waals surface area contributed by atoms with Crippen molar-refractivity contribution in [2.24, 2.45) is 0 Å². The normalized spacial score (nSPS) is 19.9. The number of carbonyl (C=O) groups is 1. The third-order valence-corrected chi connectivity index (χ3v) is 5.29. The van der Waals surface area contributed by atoms with Crippen LogP contribution in [-0.2, 0) is 32.2 Å². The van der Waals surface area contributed by atoms with Crippen molar-refractivity contribution in [1.29, 1.82) is 0 Å². The summed E-state index contributed by atoms with van der Waals surface area (Å²) in [6, 6.07) is 29.1. The summed E-state index contributed by atoms with van der Waals surface area (Å²) in [7, 11) is 0. The van der Waals surface area contributed by atoms with Gasteiger partial charge < -0.3 is 18.9 Å². The summed E-state index contributed by atoms with van der Waals surface area (Å²) in [6.07, 6.45) is 2.44. The van der Waals surface area contributed by atoms with E-state index in [-0.39, 0.29) is 24.6 Å². The highest BCUT2D eigenvalue weighted by molar-refractivity contribution is 5.97. The molecule has 0 aromatic heterocycles. The predicted octanol–water partition coefficient (Wildman–Crippen LogP) is 4.97. The van der Waals surface area contributed by atoms with Gasteiger partial charge in [-0.1, -0.05) is 97.1 Å². The molecule has 0 bridgehead atoms. The van der Waals surface area contributed by atoms with Crippen molar-refractivity contribution < 1.29 is 23.7 Å². The number of Topliss-reactive ketones (excluding diaryl/α,β-unsaturated/α-hetero) is 1. The second kappa shape index (κ2) is 12.2. The minimum Gasteiger partial charge on any atom is -0.374 e. The molecule has 3 atom stereocenters. The minimum absolute atomic E-state index is 0.0633. The highest BCUT2D eigenvalue weighted by atomic mass is 16.7. The molecular weight excluding hydrogens is 416 g/mol. The van der Waals surface area contributed by atoms with Crippen molar-refractivity contribution >= 4 is 5.78 Å². The van der Waals surface area contributed by atoms with Gasteiger partial charge in [0.25, 0.3) is 0 Å². The zero-order chi connectivity index (χ0) is 22.7. The monoisotopic (exact) mass is 444 g/mol. The summed E-state index contributed by atoms with van der Waals surface area (Å²) in [5.74, 6) is -0.0908. The molecule has 0 unspecified atom stereocenters. The Morgan fingerprint density at radius 3 is 2.00 bits per heavy atom. The van der Waals surface area contributed by atoms with E-state index in [1.165, 1.54) is 0 Å². The number of hydrogen-bond acceptors (Lipinski definition) is 5. The number of rotatable bonds is 11. The Morgan fingerprint density at radius 2 is 1.33 bits per heavy atom. The van der Waals surface area contributed by atoms with Crippen LogP contribution in [0.4, 0.5) is 0 Å². The summed E-state index contributed by atoms with van der Waals surface area (Å²) >= 11 is 0. The maximum atomic E-state index is 12.4. The number of carbonyl (C=O) groups excluding carboxylic acids is 1. The van der Waals surface area contributed by atoms with Crippen LogP contribution in [0, 0.1) is 0 Å². The van der Waals surface area contributed by atoms with E-state index in [1.807, 2.05) is 84.9 Å². The van der Waals surface area contributed by atoms with Gasteiger partial charge in [-0.2, -0.15) is 0 Å². The fourth-order valence-corrected chi connectivity index (χ4v) is 3.51. The smallest absolute Gasteiger partial charge is 0.188 e. The molecular formula is C28H28O5. The van der Waals surface area contributed by atoms with E-state index in [4.69, 9.17) is 18.9 Å². The summed E-state index contributed by atoms with van der Waals surface area (Å²) in [6.45, 7) is 1.22. The maximum Gasteiger partial charge on any atom is 0.188 e. The van der Waals surface area contributed by atoms with E-state index < -0.39 is 6.29 Å². The second-order valence-electron chi connectivity index (χ2n) is 7.79. The summed E-state index contributed by atoms with van der Waals surface area (Å²) in [5, 5.41) is 0. The molecule has 3 aromatic carbocycles. The molecule has 4 rings (SSSR count). The predicted molar refractivity (Wildman–Crippen MR) is 126 cm³/mol. The van der Waals surface area contributed by atoms with E-state index in [9.17, 15) is 4.79 Å². The Kier molecular flexibility index (Phi) is 8.55. The van der Waals surface area contributed by atoms with Gasteiger partial charge in [0, 0.05) is 5.56 Å². The van der Waals surface area contributed by atoms with Gasteiger partial charge in [-0.15, -0.1) is 0 Å². The third-order valence-electron chi connectivity index (χ3n) is 5.29. The molecule has 0 radical (unpaired) electrons. The summed E-state index contributed by atoms with van der Waals surface area (Å²) in [5.41, 5.74) is 2.79. The topological polar surface area (TPSA) is 54.0 Å². The molecule has 0 spiro atoms. The van der Waals surface area contributed by atoms with Gasteiger partial charge in [-0.05, 0) is 17.2 Å². The number of benzene rings is 3. The van der Waals surface area contributed by atoms with Crippen LogP contribution in [0.5, 0.6) is 0 Å². The van der Waals surface area contributed by atoms with E-state index in [0.717, 1.165) is 11.1 Å². The molecule has 0 N–H and O–H groups in total. The van der Waals surface area contributed by atoms with Crippen molar-refractivity contribution in [2.45, 2.75) is 31.7 Å². The molecule has 0 saturated heterocycles. The highest BCUT2D eigenvalue weighted by Gasteiger charge is 2.29. The Balaban J connectivity index is 1.34. The number of ether oxygens (including phenoxy) is 4. The average Bonchev–Trinajstić information content (AvgIpc) is 2.88. The van der Waals surface area contributed by atoms with E-state index >= 15 is 0 Å². The molecule has 5 nitrogen and oxygen atoms in total. The largest absolute Gasteiger partial charge is 0.374 e. The van der Waals surface area contributed by atoms with Crippen LogP contribution < -0.4 is 0 Å². The van der Waals surface area contributed by atoms with Crippen LogP contribution >= 0.6 is 0 Å². The van der Waals surface area contributed by atoms with Crippen LogP contribution in [0.1, 0.15) is 21.5 Å². The summed E-state index contributed by atoms with van der Waals surface area (Å²) in [4.78, 5) is 12.4. The molecule has 0 aliphatic carbocycles. The van der Waals surface area contributed by atoms with Gasteiger partial charge >= 0.3 is 0 Å². The third kappa shape index (κ3) is 7.20. The quantitative estimate of drug-likeness (QED) is 0.309. The molecule has 1 heterocycles. The first-order chi connectivity index (χ1) is 16.3. The molecule has 0 saturated carbocycles. The Bertz CT molecular complexity index is 1000. The number of hydrogen-bond donors (Lipinski definition) is 0. The first-order valence-corrected chi connectivity index (χ1v) is 11.1. The van der Waals surface area contributed by atoms with Crippen molar-refractivity contribution in [1.82, 2.24) is 0 Å². The lowest BCUT2D eigenvalue weighted by atomic mass is 10.1. The molecule has 33 heavy (non-hydrogen) atoms. The standard InChI is InChI=1S/C28H28O5/c29-25(24-14-8-3-9-15-24)20-32-28-17-16-26(31-19-23-12-6-2-7-13-23)27(33-28)21-30-18-22-10-4-1-5-11-22/h1-17,26-28H,18-21H2/t26-,27+,28-/m0/s1. The zero-order valence-electron chi connectivity index (χ0n) is 18.4. The lowest BCUT2D eigenvalue weighted by molar-refractivity contribution is -0.190. The molecule has 0 amide bonds. The number of ketones is 1. The Morgan fingerprint density at radius 1 is 0.727 bits per heavy atom. The van der Waals surface area contributed by atoms with Gasteiger partial charge in [-0.25, -0.2) is 0 Å².